The van der Waals surface area contributed by atoms with Crippen molar-refractivity contribution >= 4 is 22.4 Å². The van der Waals surface area contributed by atoms with Gasteiger partial charge in [-0.1, -0.05) is 30.3 Å². The number of aromatic amines is 1. The number of hydrogen-bond donors (Lipinski definition) is 3. The number of benzene rings is 2. The molecule has 0 radical (unpaired) electrons. The van der Waals surface area contributed by atoms with Crippen LogP contribution in [0.15, 0.2) is 53.3 Å². The molecule has 3 aromatic rings. The van der Waals surface area contributed by atoms with Gasteiger partial charge in [0, 0.05) is 29.6 Å². The number of unbranched alkanes of at least 4 members (excludes halogenated alkanes) is 1. The molecule has 0 aliphatic carbocycles. The number of carbonyl (C=O) groups is 1. The van der Waals surface area contributed by atoms with E-state index in [4.69, 9.17) is 5.11 Å². The van der Waals surface area contributed by atoms with Crippen LogP contribution in [0.25, 0.3) is 22.0 Å². The summed E-state index contributed by atoms with van der Waals surface area (Å²) in [5.41, 5.74) is 1.96. The number of anilines is 1. The van der Waals surface area contributed by atoms with Gasteiger partial charge in [-0.2, -0.15) is 5.10 Å². The normalized spacial score (nSPS) is 11.1. The summed E-state index contributed by atoms with van der Waals surface area (Å²) in [5.74, 6) is -0.0359. The van der Waals surface area contributed by atoms with E-state index in [1.807, 2.05) is 54.4 Å². The molecule has 0 bridgehead atoms. The van der Waals surface area contributed by atoms with Gasteiger partial charge in [0.1, 0.15) is 0 Å². The van der Waals surface area contributed by atoms with Crippen molar-refractivity contribution in [2.24, 2.45) is 0 Å². The predicted molar refractivity (Wildman–Crippen MR) is 115 cm³/mol. The second kappa shape index (κ2) is 9.95. The molecule has 3 N–H and O–H groups in total. The highest BCUT2D eigenvalue weighted by Gasteiger charge is 2.10. The van der Waals surface area contributed by atoms with Crippen molar-refractivity contribution in [2.75, 3.05) is 32.1 Å². The Labute approximate surface area is 169 Å². The van der Waals surface area contributed by atoms with E-state index in [0.717, 1.165) is 30.3 Å². The first-order chi connectivity index (χ1) is 14.1. The van der Waals surface area contributed by atoms with Crippen LogP contribution in [-0.2, 0) is 4.79 Å². The number of aliphatic hydroxyl groups excluding tert-OH is 1. The van der Waals surface area contributed by atoms with Crippen LogP contribution in [0.3, 0.4) is 0 Å². The van der Waals surface area contributed by atoms with Crippen molar-refractivity contribution in [2.45, 2.75) is 19.3 Å². The molecule has 0 spiro atoms. The predicted octanol–water partition coefficient (Wildman–Crippen LogP) is 2.62. The molecule has 0 saturated carbocycles. The van der Waals surface area contributed by atoms with E-state index < -0.39 is 0 Å². The summed E-state index contributed by atoms with van der Waals surface area (Å²) in [5, 5.41) is 19.9. The topological polar surface area (TPSA) is 98.3 Å². The summed E-state index contributed by atoms with van der Waals surface area (Å²) < 4.78 is 0. The van der Waals surface area contributed by atoms with Crippen molar-refractivity contribution in [1.82, 2.24) is 15.1 Å². The quantitative estimate of drug-likeness (QED) is 0.485. The minimum absolute atomic E-state index is 0.0359. The van der Waals surface area contributed by atoms with Gasteiger partial charge in [0.25, 0.3) is 5.56 Å². The number of nitrogens with zero attached hydrogens (tertiary/aromatic N) is 2. The maximum absolute atomic E-state index is 12.3. The molecule has 0 aliphatic heterocycles. The number of hydrogen-bond acceptors (Lipinski definition) is 5. The molecule has 0 fully saturated rings. The number of amides is 1. The third-order valence-corrected chi connectivity index (χ3v) is 4.79. The van der Waals surface area contributed by atoms with Crippen LogP contribution in [0.5, 0.6) is 0 Å². The van der Waals surface area contributed by atoms with E-state index in [2.05, 4.69) is 15.5 Å². The molecule has 3 rings (SSSR count). The Morgan fingerprint density at radius 1 is 1.10 bits per heavy atom. The van der Waals surface area contributed by atoms with E-state index >= 15 is 0 Å². The fourth-order valence-electron chi connectivity index (χ4n) is 3.25. The van der Waals surface area contributed by atoms with Crippen LogP contribution in [-0.4, -0.2) is 52.9 Å². The van der Waals surface area contributed by atoms with Crippen molar-refractivity contribution in [3.05, 3.63) is 58.9 Å². The number of aliphatic hydroxyl groups is 1. The standard InChI is InChI=1S/C22H26N4O3/c1-26(13-14-27)12-5-4-11-20(28)23-17-8-6-7-16(15-17)21-18-9-2-3-10-19(18)22(29)25-24-21/h2-3,6-10,15,27H,4-5,11-14H2,1H3,(H,23,28)(H,25,29). The van der Waals surface area contributed by atoms with Gasteiger partial charge < -0.3 is 15.3 Å². The monoisotopic (exact) mass is 394 g/mol. The largest absolute Gasteiger partial charge is 0.395 e. The molecule has 0 unspecified atom stereocenters. The van der Waals surface area contributed by atoms with Crippen LogP contribution < -0.4 is 10.9 Å². The number of rotatable bonds is 9. The summed E-state index contributed by atoms with van der Waals surface area (Å²) in [6.07, 6.45) is 2.13. The van der Waals surface area contributed by atoms with Gasteiger partial charge >= 0.3 is 0 Å². The highest BCUT2D eigenvalue weighted by molar-refractivity contribution is 5.95. The van der Waals surface area contributed by atoms with Crippen LogP contribution >= 0.6 is 0 Å². The van der Waals surface area contributed by atoms with E-state index in [0.29, 0.717) is 29.7 Å². The Hall–Kier alpha value is -3.03. The molecule has 0 atom stereocenters. The van der Waals surface area contributed by atoms with E-state index in [-0.39, 0.29) is 18.1 Å². The van der Waals surface area contributed by atoms with E-state index in [1.165, 1.54) is 0 Å². The smallest absolute Gasteiger partial charge is 0.272 e. The zero-order valence-electron chi connectivity index (χ0n) is 16.5. The minimum atomic E-state index is -0.224. The van der Waals surface area contributed by atoms with E-state index in [1.54, 1.807) is 6.07 Å². The molecule has 7 heteroatoms. The Morgan fingerprint density at radius 3 is 2.69 bits per heavy atom. The highest BCUT2D eigenvalue weighted by Crippen LogP contribution is 2.26. The molecule has 1 aromatic heterocycles. The summed E-state index contributed by atoms with van der Waals surface area (Å²) in [4.78, 5) is 26.3. The molecule has 1 amide bonds. The van der Waals surface area contributed by atoms with Gasteiger partial charge in [-0.15, -0.1) is 0 Å². The zero-order chi connectivity index (χ0) is 20.6. The van der Waals surface area contributed by atoms with Gasteiger partial charge in [0.15, 0.2) is 0 Å². The second-order valence-corrected chi connectivity index (χ2v) is 7.06. The number of carbonyl (C=O) groups excluding carboxylic acids is 1. The molecular weight excluding hydrogens is 368 g/mol. The Balaban J connectivity index is 1.66. The van der Waals surface area contributed by atoms with Crippen molar-refractivity contribution in [3.63, 3.8) is 0 Å². The van der Waals surface area contributed by atoms with E-state index in [9.17, 15) is 9.59 Å². The molecule has 0 aliphatic rings. The average Bonchev–Trinajstić information content (AvgIpc) is 2.72. The van der Waals surface area contributed by atoms with Gasteiger partial charge in [0.05, 0.1) is 17.7 Å². The summed E-state index contributed by atoms with van der Waals surface area (Å²) in [6.45, 7) is 1.65. The van der Waals surface area contributed by atoms with Gasteiger partial charge in [-0.25, -0.2) is 5.10 Å². The summed E-state index contributed by atoms with van der Waals surface area (Å²) in [6, 6.07) is 14.8. The van der Waals surface area contributed by atoms with Crippen molar-refractivity contribution in [1.29, 1.82) is 0 Å². The summed E-state index contributed by atoms with van der Waals surface area (Å²) >= 11 is 0. The second-order valence-electron chi connectivity index (χ2n) is 7.06. The highest BCUT2D eigenvalue weighted by atomic mass is 16.3. The fourth-order valence-corrected chi connectivity index (χ4v) is 3.25. The number of aromatic nitrogens is 2. The molecular formula is C22H26N4O3. The van der Waals surface area contributed by atoms with Crippen LogP contribution in [0.1, 0.15) is 19.3 Å². The lowest BCUT2D eigenvalue weighted by Gasteiger charge is -2.14. The SMILES string of the molecule is CN(CCO)CCCCC(=O)Nc1cccc(-c2n[nH]c(=O)c3ccccc23)c1. The molecule has 7 nitrogen and oxygen atoms in total. The molecule has 29 heavy (non-hydrogen) atoms. The zero-order valence-corrected chi connectivity index (χ0v) is 16.5. The van der Waals surface area contributed by atoms with Crippen LogP contribution in [0, 0.1) is 0 Å². The van der Waals surface area contributed by atoms with Gasteiger partial charge in [-0.05, 0) is 44.6 Å². The third-order valence-electron chi connectivity index (χ3n) is 4.79. The maximum atomic E-state index is 12.3. The molecule has 1 heterocycles. The van der Waals surface area contributed by atoms with Gasteiger partial charge in [-0.3, -0.25) is 9.59 Å². The van der Waals surface area contributed by atoms with Crippen LogP contribution in [0.2, 0.25) is 0 Å². The Bertz CT molecular complexity index is 1030. The lowest BCUT2D eigenvalue weighted by Crippen LogP contribution is -2.23. The first-order valence-electron chi connectivity index (χ1n) is 9.75. The van der Waals surface area contributed by atoms with Crippen molar-refractivity contribution < 1.29 is 9.90 Å². The lowest BCUT2D eigenvalue weighted by molar-refractivity contribution is -0.116. The lowest BCUT2D eigenvalue weighted by atomic mass is 10.0. The molecule has 0 saturated heterocycles. The average molecular weight is 394 g/mol. The fraction of sp³-hybridized carbons (Fsp3) is 0.318. The first kappa shape index (κ1) is 20.7. The molecule has 152 valence electrons. The molecule has 2 aromatic carbocycles. The number of H-pyrrole nitrogens is 1. The Morgan fingerprint density at radius 2 is 1.90 bits per heavy atom. The number of likely N-dealkylation sites (N-methyl/N-ethyl adjacent to an activating group) is 1. The van der Waals surface area contributed by atoms with Gasteiger partial charge in [0.2, 0.25) is 5.91 Å². The number of fused-ring (bicyclic) bond motifs is 1. The maximum Gasteiger partial charge on any atom is 0.272 e. The minimum Gasteiger partial charge on any atom is -0.395 e. The van der Waals surface area contributed by atoms with Crippen molar-refractivity contribution in [3.8, 4) is 11.3 Å². The number of nitrogens with one attached hydrogen (secondary N) is 2. The Kier molecular flexibility index (Phi) is 7.10. The van der Waals surface area contributed by atoms with Crippen LogP contribution in [0.4, 0.5) is 5.69 Å². The third kappa shape index (κ3) is 5.49. The first-order valence-corrected chi connectivity index (χ1v) is 9.75. The summed E-state index contributed by atoms with van der Waals surface area (Å²) in [7, 11) is 1.95.